The van der Waals surface area contributed by atoms with Crippen molar-refractivity contribution in [3.63, 3.8) is 0 Å². The molecule has 0 heterocycles. The molecule has 2 saturated carbocycles. The van der Waals surface area contributed by atoms with E-state index >= 15 is 0 Å². The van der Waals surface area contributed by atoms with E-state index in [0.717, 1.165) is 48.8 Å². The van der Waals surface area contributed by atoms with Crippen LogP contribution in [0.15, 0.2) is 17.0 Å². The van der Waals surface area contributed by atoms with E-state index in [1.165, 1.54) is 19.3 Å². The number of carbonyl (C=O) groups excluding carboxylic acids is 1. The maximum atomic E-state index is 12.9. The minimum absolute atomic E-state index is 0.0774. The maximum absolute atomic E-state index is 12.9. The monoisotopic (exact) mass is 434 g/mol. The molecule has 0 aromatic heterocycles. The van der Waals surface area contributed by atoms with Gasteiger partial charge in [-0.25, -0.2) is 13.1 Å². The molecule has 2 atom stereocenters. The number of hydrogen-bond donors (Lipinski definition) is 2. The number of rotatable bonds is 6. The summed E-state index contributed by atoms with van der Waals surface area (Å²) in [6, 6.07) is 4.16. The molecule has 2 fully saturated rings. The molecule has 1 aromatic rings. The third-order valence-electron chi connectivity index (χ3n) is 7.09. The summed E-state index contributed by atoms with van der Waals surface area (Å²) in [5.41, 5.74) is 2.65. The standard InChI is InChI=1S/C24H38N2O3S/c1-16-13-18(3)23(19(4)14-16)30(28,29)25-15-20-9-11-21(12-10-20)24(27)26-22-8-6-5-7-17(22)2/h13-14,17,20-22,25H,5-12,15H2,1-4H3,(H,26,27). The van der Waals surface area contributed by atoms with Gasteiger partial charge in [-0.1, -0.05) is 37.5 Å². The van der Waals surface area contributed by atoms with Crippen molar-refractivity contribution in [3.8, 4) is 0 Å². The summed E-state index contributed by atoms with van der Waals surface area (Å²) in [5.74, 6) is 1.15. The lowest BCUT2D eigenvalue weighted by Gasteiger charge is -2.33. The van der Waals surface area contributed by atoms with Crippen LogP contribution >= 0.6 is 0 Å². The maximum Gasteiger partial charge on any atom is 0.241 e. The second kappa shape index (κ2) is 9.82. The molecule has 168 valence electrons. The van der Waals surface area contributed by atoms with Crippen LogP contribution in [-0.4, -0.2) is 26.9 Å². The van der Waals surface area contributed by atoms with Crippen LogP contribution < -0.4 is 10.0 Å². The van der Waals surface area contributed by atoms with E-state index in [-0.39, 0.29) is 11.8 Å². The first-order valence-corrected chi connectivity index (χ1v) is 13.0. The molecule has 1 amide bonds. The minimum Gasteiger partial charge on any atom is -0.353 e. The fourth-order valence-electron chi connectivity index (χ4n) is 5.35. The van der Waals surface area contributed by atoms with Crippen LogP contribution in [-0.2, 0) is 14.8 Å². The molecular weight excluding hydrogens is 396 g/mol. The third-order valence-corrected chi connectivity index (χ3v) is 8.82. The van der Waals surface area contributed by atoms with Crippen molar-refractivity contribution in [1.29, 1.82) is 0 Å². The van der Waals surface area contributed by atoms with Crippen LogP contribution in [0.5, 0.6) is 0 Å². The first-order chi connectivity index (χ1) is 14.2. The Bertz CT molecular complexity index is 834. The van der Waals surface area contributed by atoms with Gasteiger partial charge in [0.2, 0.25) is 15.9 Å². The van der Waals surface area contributed by atoms with Crippen molar-refractivity contribution in [2.24, 2.45) is 17.8 Å². The van der Waals surface area contributed by atoms with E-state index in [4.69, 9.17) is 0 Å². The normalized spacial score (nSPS) is 27.6. The van der Waals surface area contributed by atoms with E-state index in [2.05, 4.69) is 17.0 Å². The van der Waals surface area contributed by atoms with Gasteiger partial charge in [-0.05, 0) is 82.3 Å². The fourth-order valence-corrected chi connectivity index (χ4v) is 6.92. The summed E-state index contributed by atoms with van der Waals surface area (Å²) < 4.78 is 28.6. The number of amides is 1. The number of benzene rings is 1. The number of aryl methyl sites for hydroxylation is 3. The molecule has 0 spiro atoms. The molecule has 0 saturated heterocycles. The van der Waals surface area contributed by atoms with Crippen LogP contribution in [0.1, 0.15) is 75.0 Å². The Labute approximate surface area is 182 Å². The van der Waals surface area contributed by atoms with Crippen molar-refractivity contribution in [2.45, 2.75) is 90.0 Å². The van der Waals surface area contributed by atoms with Gasteiger partial charge in [0.05, 0.1) is 4.90 Å². The molecule has 0 bridgehead atoms. The molecule has 30 heavy (non-hydrogen) atoms. The number of carbonyl (C=O) groups is 1. The smallest absolute Gasteiger partial charge is 0.241 e. The average molecular weight is 435 g/mol. The van der Waals surface area contributed by atoms with Gasteiger partial charge in [-0.3, -0.25) is 4.79 Å². The van der Waals surface area contributed by atoms with E-state index in [1.54, 1.807) is 0 Å². The number of hydrogen-bond acceptors (Lipinski definition) is 3. The van der Waals surface area contributed by atoms with Crippen molar-refractivity contribution in [3.05, 3.63) is 28.8 Å². The SMILES string of the molecule is Cc1cc(C)c(S(=O)(=O)NCC2CCC(C(=O)NC3CCCCC3C)CC2)c(C)c1. The quantitative estimate of drug-likeness (QED) is 0.697. The molecule has 1 aromatic carbocycles. The average Bonchev–Trinajstić information content (AvgIpc) is 2.67. The third kappa shape index (κ3) is 5.64. The molecule has 6 heteroatoms. The highest BCUT2D eigenvalue weighted by atomic mass is 32.2. The lowest BCUT2D eigenvalue weighted by atomic mass is 9.80. The zero-order chi connectivity index (χ0) is 21.9. The fraction of sp³-hybridized carbons (Fsp3) is 0.708. The Kier molecular flexibility index (Phi) is 7.61. The molecule has 3 rings (SSSR count). The van der Waals surface area contributed by atoms with Gasteiger partial charge >= 0.3 is 0 Å². The van der Waals surface area contributed by atoms with Crippen molar-refractivity contribution in [2.75, 3.05) is 6.54 Å². The molecule has 0 radical (unpaired) electrons. The molecule has 5 nitrogen and oxygen atoms in total. The van der Waals surface area contributed by atoms with Gasteiger partial charge in [0, 0.05) is 18.5 Å². The topological polar surface area (TPSA) is 75.3 Å². The van der Waals surface area contributed by atoms with E-state index in [1.807, 2.05) is 32.9 Å². The first kappa shape index (κ1) is 23.3. The van der Waals surface area contributed by atoms with Crippen molar-refractivity contribution in [1.82, 2.24) is 10.0 Å². The Morgan fingerprint density at radius 1 is 0.967 bits per heavy atom. The van der Waals surface area contributed by atoms with Gasteiger partial charge in [0.1, 0.15) is 0 Å². The first-order valence-electron chi connectivity index (χ1n) is 11.5. The molecule has 2 aliphatic carbocycles. The Balaban J connectivity index is 1.49. The van der Waals surface area contributed by atoms with Gasteiger partial charge < -0.3 is 5.32 Å². The van der Waals surface area contributed by atoms with Crippen LogP contribution in [0, 0.1) is 38.5 Å². The van der Waals surface area contributed by atoms with Crippen LogP contribution in [0.2, 0.25) is 0 Å². The lowest BCUT2D eigenvalue weighted by molar-refractivity contribution is -0.127. The summed E-state index contributed by atoms with van der Waals surface area (Å²) in [4.78, 5) is 13.1. The highest BCUT2D eigenvalue weighted by molar-refractivity contribution is 7.89. The van der Waals surface area contributed by atoms with Crippen LogP contribution in [0.3, 0.4) is 0 Å². The Morgan fingerprint density at radius 2 is 1.57 bits per heavy atom. The van der Waals surface area contributed by atoms with Gasteiger partial charge in [-0.15, -0.1) is 0 Å². The predicted molar refractivity (Wildman–Crippen MR) is 121 cm³/mol. The minimum atomic E-state index is -3.52. The summed E-state index contributed by atoms with van der Waals surface area (Å²) >= 11 is 0. The largest absolute Gasteiger partial charge is 0.353 e. The van der Waals surface area contributed by atoms with E-state index in [0.29, 0.717) is 29.3 Å². The van der Waals surface area contributed by atoms with Gasteiger partial charge in [0.15, 0.2) is 0 Å². The van der Waals surface area contributed by atoms with Crippen LogP contribution in [0.4, 0.5) is 0 Å². The predicted octanol–water partition coefficient (Wildman–Crippen LogP) is 4.39. The summed E-state index contributed by atoms with van der Waals surface area (Å²) in [5, 5.41) is 3.30. The second-order valence-corrected chi connectivity index (χ2v) is 11.4. The summed E-state index contributed by atoms with van der Waals surface area (Å²) in [7, 11) is -3.52. The highest BCUT2D eigenvalue weighted by Crippen LogP contribution is 2.31. The summed E-state index contributed by atoms with van der Waals surface area (Å²) in [6.45, 7) is 8.37. The van der Waals surface area contributed by atoms with E-state index < -0.39 is 10.0 Å². The molecule has 2 N–H and O–H groups in total. The molecular formula is C24H38N2O3S. The van der Waals surface area contributed by atoms with E-state index in [9.17, 15) is 13.2 Å². The van der Waals surface area contributed by atoms with Gasteiger partial charge in [0.25, 0.3) is 0 Å². The number of sulfonamides is 1. The zero-order valence-electron chi connectivity index (χ0n) is 19.0. The lowest BCUT2D eigenvalue weighted by Crippen LogP contribution is -2.44. The Morgan fingerprint density at radius 3 is 2.17 bits per heavy atom. The number of nitrogens with one attached hydrogen (secondary N) is 2. The highest BCUT2D eigenvalue weighted by Gasteiger charge is 2.30. The van der Waals surface area contributed by atoms with Crippen LogP contribution in [0.25, 0.3) is 0 Å². The van der Waals surface area contributed by atoms with Gasteiger partial charge in [-0.2, -0.15) is 0 Å². The molecule has 0 aliphatic heterocycles. The van der Waals surface area contributed by atoms with Crippen molar-refractivity contribution < 1.29 is 13.2 Å². The molecule has 2 aliphatic rings. The zero-order valence-corrected chi connectivity index (χ0v) is 19.8. The second-order valence-electron chi connectivity index (χ2n) is 9.67. The Hall–Kier alpha value is -1.40. The summed E-state index contributed by atoms with van der Waals surface area (Å²) in [6.07, 6.45) is 8.28. The molecule has 2 unspecified atom stereocenters. The van der Waals surface area contributed by atoms with Crippen molar-refractivity contribution >= 4 is 15.9 Å².